The summed E-state index contributed by atoms with van der Waals surface area (Å²) >= 11 is 0. The van der Waals surface area contributed by atoms with Crippen LogP contribution in [0.25, 0.3) is 0 Å². The van der Waals surface area contributed by atoms with Crippen LogP contribution in [0.2, 0.25) is 0 Å². The first-order chi connectivity index (χ1) is 6.34. The van der Waals surface area contributed by atoms with Crippen LogP contribution in [0.4, 0.5) is 0 Å². The summed E-state index contributed by atoms with van der Waals surface area (Å²) < 4.78 is 4.53. The van der Waals surface area contributed by atoms with E-state index in [0.29, 0.717) is 6.04 Å². The van der Waals surface area contributed by atoms with E-state index in [1.807, 2.05) is 0 Å². The summed E-state index contributed by atoms with van der Waals surface area (Å²) in [4.78, 5) is 12.2. The number of hydrogen-bond acceptors (Lipinski definition) is 3. The van der Waals surface area contributed by atoms with E-state index >= 15 is 0 Å². The van der Waals surface area contributed by atoms with Crippen LogP contribution in [0.5, 0.6) is 0 Å². The van der Waals surface area contributed by atoms with E-state index in [9.17, 15) is 4.79 Å². The quantitative estimate of drug-likeness (QED) is 0.642. The Hall–Kier alpha value is -1.26. The fraction of sp³-hybridized carbons (Fsp3) is 0.750. The fourth-order valence-corrected chi connectivity index (χ4v) is 1.74. The molecule has 0 atom stereocenters. The van der Waals surface area contributed by atoms with E-state index in [-0.39, 0.29) is 5.63 Å². The second-order valence-corrected chi connectivity index (χ2v) is 3.48. The average Bonchev–Trinajstić information content (AvgIpc) is 2.53. The second kappa shape index (κ2) is 3.64. The van der Waals surface area contributed by atoms with Crippen LogP contribution in [-0.2, 0) is 0 Å². The topological polar surface area (TPSA) is 61.9 Å². The van der Waals surface area contributed by atoms with Crippen molar-refractivity contribution in [3.05, 3.63) is 16.6 Å². The van der Waals surface area contributed by atoms with Gasteiger partial charge in [-0.2, -0.15) is 5.43 Å². The highest BCUT2D eigenvalue weighted by molar-refractivity contribution is 4.75. The molecular formula is C8H14N3O2+. The molecule has 2 rings (SSSR count). The zero-order valence-electron chi connectivity index (χ0n) is 7.45. The Bertz CT molecular complexity index is 311. The highest BCUT2D eigenvalue weighted by Crippen LogP contribution is 2.16. The van der Waals surface area contributed by atoms with E-state index in [1.54, 1.807) is 0 Å². The molecule has 0 aliphatic heterocycles. The van der Waals surface area contributed by atoms with E-state index in [2.05, 4.69) is 15.2 Å². The molecule has 2 N–H and O–H groups in total. The summed E-state index contributed by atoms with van der Waals surface area (Å²) in [6, 6.07) is 0.465. The van der Waals surface area contributed by atoms with Gasteiger partial charge in [-0.3, -0.25) is 4.52 Å². The molecule has 1 aromatic heterocycles. The third kappa shape index (κ3) is 2.11. The van der Waals surface area contributed by atoms with Gasteiger partial charge in [-0.05, 0) is 12.8 Å². The van der Waals surface area contributed by atoms with Crippen molar-refractivity contribution in [2.24, 2.45) is 0 Å². The Balaban J connectivity index is 1.93. The lowest BCUT2D eigenvalue weighted by atomic mass is 9.96. The van der Waals surface area contributed by atoms with Crippen LogP contribution in [-0.4, -0.2) is 11.3 Å². The maximum atomic E-state index is 10.7. The minimum atomic E-state index is -0.358. The van der Waals surface area contributed by atoms with Crippen molar-refractivity contribution in [3.63, 3.8) is 0 Å². The minimum Gasteiger partial charge on any atom is -0.281 e. The molecule has 1 aliphatic carbocycles. The predicted molar refractivity (Wildman–Crippen MR) is 45.8 cm³/mol. The van der Waals surface area contributed by atoms with Gasteiger partial charge >= 0.3 is 11.8 Å². The third-order valence-electron chi connectivity index (χ3n) is 2.41. The van der Waals surface area contributed by atoms with Gasteiger partial charge in [-0.15, -0.1) is 0 Å². The molecule has 0 spiro atoms. The monoisotopic (exact) mass is 184 g/mol. The highest BCUT2D eigenvalue weighted by Gasteiger charge is 2.17. The van der Waals surface area contributed by atoms with E-state index in [4.69, 9.17) is 0 Å². The largest absolute Gasteiger partial charge is 0.430 e. The first-order valence-corrected chi connectivity index (χ1v) is 4.71. The van der Waals surface area contributed by atoms with E-state index in [0.717, 1.165) is 0 Å². The number of H-pyrrole nitrogens is 1. The van der Waals surface area contributed by atoms with Gasteiger partial charge in [0.05, 0.1) is 6.04 Å². The average molecular weight is 184 g/mol. The molecule has 0 radical (unpaired) electrons. The zero-order chi connectivity index (χ0) is 9.10. The fourth-order valence-electron chi connectivity index (χ4n) is 1.74. The van der Waals surface area contributed by atoms with Crippen molar-refractivity contribution in [3.8, 4) is 0 Å². The Morgan fingerprint density at radius 1 is 1.46 bits per heavy atom. The Morgan fingerprint density at radius 2 is 2.23 bits per heavy atom. The summed E-state index contributed by atoms with van der Waals surface area (Å²) in [5, 5.41) is 2.47. The second-order valence-electron chi connectivity index (χ2n) is 3.48. The standard InChI is InChI=1S/C8H13N3O2/c12-8-6-11(10-13-8)9-7-4-2-1-3-5-7/h6-7H,1-5H2,(H-,9,10,12)/p+1. The van der Waals surface area contributed by atoms with Crippen LogP contribution in [0.1, 0.15) is 32.1 Å². The summed E-state index contributed by atoms with van der Waals surface area (Å²) in [5.74, 6) is 0. The Morgan fingerprint density at radius 3 is 2.85 bits per heavy atom. The first-order valence-electron chi connectivity index (χ1n) is 4.71. The van der Waals surface area contributed by atoms with Crippen LogP contribution >= 0.6 is 0 Å². The first kappa shape index (κ1) is 8.34. The summed E-state index contributed by atoms with van der Waals surface area (Å²) in [6.45, 7) is 0. The van der Waals surface area contributed by atoms with Crippen LogP contribution in [0, 0.1) is 0 Å². The van der Waals surface area contributed by atoms with Gasteiger partial charge in [0, 0.05) is 10.1 Å². The van der Waals surface area contributed by atoms with E-state index < -0.39 is 0 Å². The van der Waals surface area contributed by atoms with Gasteiger partial charge in [0.15, 0.2) is 0 Å². The normalized spacial score (nSPS) is 18.8. The molecule has 5 nitrogen and oxygen atoms in total. The van der Waals surface area contributed by atoms with Gasteiger partial charge in [-0.1, -0.05) is 19.3 Å². The predicted octanol–water partition coefficient (Wildman–Crippen LogP) is 0.132. The van der Waals surface area contributed by atoms with Gasteiger partial charge in [0.1, 0.15) is 0 Å². The van der Waals surface area contributed by atoms with Crippen LogP contribution < -0.4 is 15.8 Å². The number of rotatable bonds is 2. The smallest absolute Gasteiger partial charge is 0.281 e. The molecule has 0 unspecified atom stereocenters. The summed E-state index contributed by atoms with van der Waals surface area (Å²) in [7, 11) is 0. The van der Waals surface area contributed by atoms with Crippen molar-refractivity contribution in [2.45, 2.75) is 38.1 Å². The minimum absolute atomic E-state index is 0.358. The van der Waals surface area contributed by atoms with Gasteiger partial charge in [0.25, 0.3) is 0 Å². The molecule has 1 fully saturated rings. The molecule has 1 saturated carbocycles. The SMILES string of the molecule is O=c1c[n+](NC2CCCCC2)[nH]o1. The molecule has 72 valence electrons. The zero-order valence-corrected chi connectivity index (χ0v) is 7.45. The van der Waals surface area contributed by atoms with Crippen molar-refractivity contribution >= 4 is 0 Å². The Kier molecular flexibility index (Phi) is 2.33. The number of nitrogens with zero attached hydrogens (tertiary/aromatic N) is 1. The third-order valence-corrected chi connectivity index (χ3v) is 2.41. The number of aromatic nitrogens is 2. The molecule has 0 saturated heterocycles. The molecule has 1 aromatic rings. The molecule has 1 aliphatic rings. The van der Waals surface area contributed by atoms with Gasteiger partial charge in [0.2, 0.25) is 0 Å². The lowest BCUT2D eigenvalue weighted by molar-refractivity contribution is -0.722. The molecule has 0 bridgehead atoms. The van der Waals surface area contributed by atoms with E-state index in [1.165, 1.54) is 43.1 Å². The van der Waals surface area contributed by atoms with Crippen molar-refractivity contribution in [1.82, 2.24) is 5.27 Å². The highest BCUT2D eigenvalue weighted by atomic mass is 16.5. The van der Waals surface area contributed by atoms with Crippen LogP contribution in [0.3, 0.4) is 0 Å². The van der Waals surface area contributed by atoms with Crippen molar-refractivity contribution in [1.29, 1.82) is 0 Å². The lowest BCUT2D eigenvalue weighted by Gasteiger charge is -2.18. The molecule has 0 amide bonds. The maximum Gasteiger partial charge on any atom is 0.430 e. The lowest BCUT2D eigenvalue weighted by Crippen LogP contribution is -2.52. The molecule has 1 heterocycles. The maximum absolute atomic E-state index is 10.7. The van der Waals surface area contributed by atoms with Crippen molar-refractivity contribution in [2.75, 3.05) is 5.43 Å². The van der Waals surface area contributed by atoms with Gasteiger partial charge < -0.3 is 0 Å². The number of hydrogen-bond donors (Lipinski definition) is 2. The van der Waals surface area contributed by atoms with Crippen LogP contribution in [0.15, 0.2) is 15.5 Å². The summed E-state index contributed by atoms with van der Waals surface area (Å²) in [6.07, 6.45) is 7.56. The molecule has 13 heavy (non-hydrogen) atoms. The summed E-state index contributed by atoms with van der Waals surface area (Å²) in [5.41, 5.74) is 2.81. The number of nitrogens with one attached hydrogen (secondary N) is 2. The van der Waals surface area contributed by atoms with Crippen molar-refractivity contribution < 1.29 is 9.31 Å². The van der Waals surface area contributed by atoms with Gasteiger partial charge in [-0.25, -0.2) is 4.79 Å². The molecular weight excluding hydrogens is 170 g/mol. The number of aromatic amines is 1. The molecule has 0 aromatic carbocycles. The molecule has 5 heteroatoms. The Labute approximate surface area is 75.7 Å².